The summed E-state index contributed by atoms with van der Waals surface area (Å²) in [6, 6.07) is 7.65. The Bertz CT molecular complexity index is 811. The fourth-order valence-corrected chi connectivity index (χ4v) is 4.06. The number of thioether (sulfide) groups is 1. The van der Waals surface area contributed by atoms with Crippen LogP contribution < -0.4 is 10.2 Å². The lowest BCUT2D eigenvalue weighted by Gasteiger charge is -2.23. The van der Waals surface area contributed by atoms with Gasteiger partial charge in [0.15, 0.2) is 5.16 Å². The van der Waals surface area contributed by atoms with E-state index in [1.807, 2.05) is 56.5 Å². The fraction of sp³-hybridized carbons (Fsp3) is 0.526. The molecule has 146 valence electrons. The molecule has 1 aliphatic heterocycles. The standard InChI is InChI=1S/C19H26ClN5OS/c1-13(16(26)21-19(2,3)4)27-18-23-22-17(24-11-7-8-12-24)25(18)15-10-6-5-9-14(15)20/h5-6,9-10,13H,7-8,11-12H2,1-4H3,(H,21,26). The fourth-order valence-electron chi connectivity index (χ4n) is 2.99. The van der Waals surface area contributed by atoms with E-state index in [1.165, 1.54) is 11.8 Å². The van der Waals surface area contributed by atoms with Gasteiger partial charge in [0.1, 0.15) is 0 Å². The summed E-state index contributed by atoms with van der Waals surface area (Å²) < 4.78 is 1.97. The number of hydrogen-bond acceptors (Lipinski definition) is 5. The van der Waals surface area contributed by atoms with E-state index < -0.39 is 0 Å². The quantitative estimate of drug-likeness (QED) is 0.761. The highest BCUT2D eigenvalue weighted by Gasteiger charge is 2.27. The molecule has 0 aliphatic carbocycles. The molecule has 1 amide bonds. The molecular formula is C19H26ClN5OS. The maximum atomic E-state index is 12.5. The lowest BCUT2D eigenvalue weighted by atomic mass is 10.1. The van der Waals surface area contributed by atoms with Crippen molar-refractivity contribution in [3.05, 3.63) is 29.3 Å². The van der Waals surface area contributed by atoms with Gasteiger partial charge in [0.2, 0.25) is 11.9 Å². The van der Waals surface area contributed by atoms with Gasteiger partial charge in [-0.3, -0.25) is 9.36 Å². The first kappa shape index (κ1) is 20.0. The highest BCUT2D eigenvalue weighted by atomic mass is 35.5. The molecular weight excluding hydrogens is 382 g/mol. The molecule has 8 heteroatoms. The van der Waals surface area contributed by atoms with Gasteiger partial charge in [-0.25, -0.2) is 0 Å². The van der Waals surface area contributed by atoms with Crippen molar-refractivity contribution in [3.8, 4) is 5.69 Å². The molecule has 3 rings (SSSR count). The third-order valence-corrected chi connectivity index (χ3v) is 5.61. The number of amides is 1. The number of para-hydroxylation sites is 1. The number of halogens is 1. The summed E-state index contributed by atoms with van der Waals surface area (Å²) in [6.07, 6.45) is 2.28. The lowest BCUT2D eigenvalue weighted by Crippen LogP contribution is -2.44. The Labute approximate surface area is 169 Å². The van der Waals surface area contributed by atoms with Crippen molar-refractivity contribution >= 4 is 35.2 Å². The molecule has 1 atom stereocenters. The van der Waals surface area contributed by atoms with Crippen LogP contribution in [0.4, 0.5) is 5.95 Å². The molecule has 2 aromatic rings. The average Bonchev–Trinajstić information content (AvgIpc) is 3.23. The van der Waals surface area contributed by atoms with Crippen molar-refractivity contribution in [2.24, 2.45) is 0 Å². The van der Waals surface area contributed by atoms with Crippen LogP contribution in [0.25, 0.3) is 5.69 Å². The van der Waals surface area contributed by atoms with E-state index in [0.29, 0.717) is 10.2 Å². The third-order valence-electron chi connectivity index (χ3n) is 4.25. The van der Waals surface area contributed by atoms with Gasteiger partial charge < -0.3 is 10.2 Å². The van der Waals surface area contributed by atoms with Crippen LogP contribution in [-0.2, 0) is 4.79 Å². The van der Waals surface area contributed by atoms with Gasteiger partial charge in [-0.05, 0) is 52.7 Å². The largest absolute Gasteiger partial charge is 0.351 e. The summed E-state index contributed by atoms with van der Waals surface area (Å²) in [4.78, 5) is 14.7. The highest BCUT2D eigenvalue weighted by Crippen LogP contribution is 2.33. The van der Waals surface area contributed by atoms with Crippen LogP contribution in [0.15, 0.2) is 29.4 Å². The topological polar surface area (TPSA) is 63.1 Å². The van der Waals surface area contributed by atoms with Gasteiger partial charge in [0.05, 0.1) is 16.0 Å². The number of nitrogens with zero attached hydrogens (tertiary/aromatic N) is 4. The first-order valence-corrected chi connectivity index (χ1v) is 10.5. The van der Waals surface area contributed by atoms with Crippen molar-refractivity contribution in [3.63, 3.8) is 0 Å². The average molecular weight is 408 g/mol. The van der Waals surface area contributed by atoms with E-state index in [1.54, 1.807) is 0 Å². The van der Waals surface area contributed by atoms with Crippen LogP contribution in [0.1, 0.15) is 40.5 Å². The minimum Gasteiger partial charge on any atom is -0.351 e. The molecule has 1 aromatic carbocycles. The van der Waals surface area contributed by atoms with Gasteiger partial charge in [-0.15, -0.1) is 10.2 Å². The summed E-state index contributed by atoms with van der Waals surface area (Å²) in [6.45, 7) is 9.70. The Kier molecular flexibility index (Phi) is 6.01. The Morgan fingerprint density at radius 1 is 1.22 bits per heavy atom. The second-order valence-electron chi connectivity index (χ2n) is 7.76. The molecule has 27 heavy (non-hydrogen) atoms. The molecule has 1 N–H and O–H groups in total. The van der Waals surface area contributed by atoms with Gasteiger partial charge in [-0.1, -0.05) is 35.5 Å². The summed E-state index contributed by atoms with van der Waals surface area (Å²) in [5.41, 5.74) is 0.556. The third kappa shape index (κ3) is 4.76. The van der Waals surface area contributed by atoms with Crippen LogP contribution in [0.2, 0.25) is 5.02 Å². The monoisotopic (exact) mass is 407 g/mol. The molecule has 1 unspecified atom stereocenters. The zero-order valence-electron chi connectivity index (χ0n) is 16.2. The van der Waals surface area contributed by atoms with Crippen molar-refractivity contribution in [1.29, 1.82) is 0 Å². The van der Waals surface area contributed by atoms with Crippen molar-refractivity contribution in [2.75, 3.05) is 18.0 Å². The van der Waals surface area contributed by atoms with E-state index in [0.717, 1.165) is 37.6 Å². The van der Waals surface area contributed by atoms with Crippen LogP contribution in [0, 0.1) is 0 Å². The van der Waals surface area contributed by atoms with Crippen molar-refractivity contribution < 1.29 is 4.79 Å². The molecule has 6 nitrogen and oxygen atoms in total. The van der Waals surface area contributed by atoms with Crippen LogP contribution in [-0.4, -0.2) is 44.6 Å². The zero-order chi connectivity index (χ0) is 19.6. The summed E-state index contributed by atoms with van der Waals surface area (Å²) in [5, 5.41) is 12.8. The van der Waals surface area contributed by atoms with Gasteiger partial charge in [-0.2, -0.15) is 0 Å². The number of benzene rings is 1. The number of carbonyl (C=O) groups is 1. The normalized spacial score (nSPS) is 15.8. The van der Waals surface area contributed by atoms with Crippen molar-refractivity contribution in [1.82, 2.24) is 20.1 Å². The number of rotatable bonds is 5. The van der Waals surface area contributed by atoms with E-state index in [2.05, 4.69) is 20.4 Å². The Hall–Kier alpha value is -1.73. The predicted octanol–water partition coefficient (Wildman–Crippen LogP) is 3.92. The van der Waals surface area contributed by atoms with E-state index >= 15 is 0 Å². The minimum atomic E-state index is -0.305. The number of anilines is 1. The lowest BCUT2D eigenvalue weighted by molar-refractivity contribution is -0.121. The number of hydrogen-bond donors (Lipinski definition) is 1. The Balaban J connectivity index is 1.93. The van der Waals surface area contributed by atoms with E-state index in [9.17, 15) is 4.79 Å². The zero-order valence-corrected chi connectivity index (χ0v) is 17.8. The van der Waals surface area contributed by atoms with Gasteiger partial charge in [0, 0.05) is 18.6 Å². The molecule has 1 aliphatic rings. The van der Waals surface area contributed by atoms with Crippen LogP contribution in [0.5, 0.6) is 0 Å². The van der Waals surface area contributed by atoms with Gasteiger partial charge >= 0.3 is 0 Å². The second-order valence-corrected chi connectivity index (χ2v) is 9.48. The van der Waals surface area contributed by atoms with Crippen LogP contribution in [0.3, 0.4) is 0 Å². The van der Waals surface area contributed by atoms with E-state index in [-0.39, 0.29) is 16.7 Å². The maximum Gasteiger partial charge on any atom is 0.233 e. The molecule has 0 bridgehead atoms. The first-order chi connectivity index (χ1) is 12.8. The second kappa shape index (κ2) is 8.10. The predicted molar refractivity (Wildman–Crippen MR) is 111 cm³/mol. The van der Waals surface area contributed by atoms with Crippen molar-refractivity contribution in [2.45, 2.75) is 56.5 Å². The molecule has 0 spiro atoms. The summed E-state index contributed by atoms with van der Waals surface area (Å²) in [7, 11) is 0. The number of carbonyl (C=O) groups excluding carboxylic acids is 1. The molecule has 1 fully saturated rings. The summed E-state index contributed by atoms with van der Waals surface area (Å²) in [5.74, 6) is 0.760. The molecule has 1 aromatic heterocycles. The van der Waals surface area contributed by atoms with E-state index in [4.69, 9.17) is 11.6 Å². The number of aromatic nitrogens is 3. The highest BCUT2D eigenvalue weighted by molar-refractivity contribution is 8.00. The van der Waals surface area contributed by atoms with Crippen LogP contribution >= 0.6 is 23.4 Å². The number of nitrogens with one attached hydrogen (secondary N) is 1. The Morgan fingerprint density at radius 3 is 2.52 bits per heavy atom. The Morgan fingerprint density at radius 2 is 1.89 bits per heavy atom. The molecule has 2 heterocycles. The minimum absolute atomic E-state index is 0.0241. The summed E-state index contributed by atoms with van der Waals surface area (Å²) >= 11 is 7.86. The maximum absolute atomic E-state index is 12.5. The molecule has 0 radical (unpaired) electrons. The molecule has 1 saturated heterocycles. The SMILES string of the molecule is CC(Sc1nnc(N2CCCC2)n1-c1ccccc1Cl)C(=O)NC(C)(C)C. The smallest absolute Gasteiger partial charge is 0.233 e. The van der Waals surface area contributed by atoms with Gasteiger partial charge in [0.25, 0.3) is 0 Å². The first-order valence-electron chi connectivity index (χ1n) is 9.20. The molecule has 0 saturated carbocycles.